The molecule has 0 bridgehead atoms. The first-order valence-electron chi connectivity index (χ1n) is 4.95. The van der Waals surface area contributed by atoms with E-state index in [4.69, 9.17) is 5.73 Å². The van der Waals surface area contributed by atoms with Gasteiger partial charge in [0, 0.05) is 10.0 Å². The van der Waals surface area contributed by atoms with Crippen LogP contribution < -0.4 is 5.73 Å². The first-order valence-corrected chi connectivity index (χ1v) is 5.74. The number of rotatable bonds is 4. The highest BCUT2D eigenvalue weighted by Gasteiger charge is 2.21. The molecule has 2 atom stereocenters. The lowest BCUT2D eigenvalue weighted by atomic mass is 9.99. The summed E-state index contributed by atoms with van der Waals surface area (Å²) in [6.45, 7) is 1.95. The fourth-order valence-electron chi connectivity index (χ4n) is 1.50. The van der Waals surface area contributed by atoms with Gasteiger partial charge in [0.05, 0.1) is 12.1 Å². The van der Waals surface area contributed by atoms with E-state index in [1.165, 1.54) is 6.07 Å². The predicted molar refractivity (Wildman–Crippen MR) is 69.2 cm³/mol. The lowest BCUT2D eigenvalue weighted by Gasteiger charge is -2.20. The van der Waals surface area contributed by atoms with Gasteiger partial charge in [-0.2, -0.15) is 0 Å². The van der Waals surface area contributed by atoms with Crippen LogP contribution in [0.2, 0.25) is 0 Å². The Morgan fingerprint density at radius 3 is 2.62 bits per heavy atom. The number of hydrogen-bond acceptors (Lipinski definition) is 2. The SMILES string of the molecule is CCC[C@@H](O)[C@@H](N)c1c(F)cccc1Br.Cl. The van der Waals surface area contributed by atoms with Crippen LogP contribution in [0.4, 0.5) is 4.39 Å². The molecule has 1 rings (SSSR count). The first-order chi connectivity index (χ1) is 7.07. The first kappa shape index (κ1) is 15.8. The Bertz CT molecular complexity index is 318. The Labute approximate surface area is 110 Å². The molecule has 0 heterocycles. The van der Waals surface area contributed by atoms with Crippen molar-refractivity contribution in [1.29, 1.82) is 0 Å². The zero-order valence-corrected chi connectivity index (χ0v) is 11.4. The minimum absolute atomic E-state index is 0. The summed E-state index contributed by atoms with van der Waals surface area (Å²) in [5.74, 6) is -0.382. The van der Waals surface area contributed by atoms with Crippen molar-refractivity contribution in [1.82, 2.24) is 0 Å². The molecule has 0 aliphatic rings. The van der Waals surface area contributed by atoms with Crippen LogP contribution in [0.15, 0.2) is 22.7 Å². The molecule has 0 unspecified atom stereocenters. The Balaban J connectivity index is 0.00000225. The van der Waals surface area contributed by atoms with Gasteiger partial charge in [0.25, 0.3) is 0 Å². The van der Waals surface area contributed by atoms with E-state index in [9.17, 15) is 9.50 Å². The van der Waals surface area contributed by atoms with Gasteiger partial charge in [0.15, 0.2) is 0 Å². The predicted octanol–water partition coefficient (Wildman–Crippen LogP) is 3.17. The van der Waals surface area contributed by atoms with Gasteiger partial charge in [-0.3, -0.25) is 0 Å². The molecule has 0 aromatic heterocycles. The third kappa shape index (κ3) is 3.70. The van der Waals surface area contributed by atoms with E-state index in [1.54, 1.807) is 12.1 Å². The average Bonchev–Trinajstić information content (AvgIpc) is 2.17. The van der Waals surface area contributed by atoms with Gasteiger partial charge in [-0.05, 0) is 18.6 Å². The molecular weight excluding hydrogens is 296 g/mol. The number of benzene rings is 1. The maximum Gasteiger partial charge on any atom is 0.129 e. The van der Waals surface area contributed by atoms with Crippen molar-refractivity contribution in [3.63, 3.8) is 0 Å². The molecule has 0 aliphatic carbocycles. The molecule has 3 N–H and O–H groups in total. The highest BCUT2D eigenvalue weighted by molar-refractivity contribution is 9.10. The molecule has 92 valence electrons. The highest BCUT2D eigenvalue weighted by atomic mass is 79.9. The zero-order valence-electron chi connectivity index (χ0n) is 8.99. The van der Waals surface area contributed by atoms with E-state index in [1.807, 2.05) is 6.92 Å². The summed E-state index contributed by atoms with van der Waals surface area (Å²) in [4.78, 5) is 0. The molecule has 0 aliphatic heterocycles. The van der Waals surface area contributed by atoms with E-state index in [0.29, 0.717) is 16.5 Å². The zero-order chi connectivity index (χ0) is 11.4. The Morgan fingerprint density at radius 1 is 1.50 bits per heavy atom. The summed E-state index contributed by atoms with van der Waals surface area (Å²) in [5.41, 5.74) is 6.15. The molecule has 1 aromatic rings. The molecule has 0 saturated heterocycles. The lowest BCUT2D eigenvalue weighted by Crippen LogP contribution is -2.27. The van der Waals surface area contributed by atoms with Crippen molar-refractivity contribution >= 4 is 28.3 Å². The van der Waals surface area contributed by atoms with Gasteiger partial charge in [-0.15, -0.1) is 12.4 Å². The molecule has 0 fully saturated rings. The van der Waals surface area contributed by atoms with Crippen LogP contribution in [-0.4, -0.2) is 11.2 Å². The Hall–Kier alpha value is -0.160. The van der Waals surface area contributed by atoms with Crippen LogP contribution >= 0.6 is 28.3 Å². The van der Waals surface area contributed by atoms with Crippen LogP contribution in [0.25, 0.3) is 0 Å². The number of aliphatic hydroxyl groups excluding tert-OH is 1. The molecule has 16 heavy (non-hydrogen) atoms. The summed E-state index contributed by atoms with van der Waals surface area (Å²) >= 11 is 3.24. The molecule has 1 aromatic carbocycles. The maximum absolute atomic E-state index is 13.5. The van der Waals surface area contributed by atoms with Gasteiger partial charge < -0.3 is 10.8 Å². The van der Waals surface area contributed by atoms with Gasteiger partial charge in [-0.25, -0.2) is 4.39 Å². The van der Waals surface area contributed by atoms with Crippen molar-refractivity contribution < 1.29 is 9.50 Å². The lowest BCUT2D eigenvalue weighted by molar-refractivity contribution is 0.132. The second kappa shape index (κ2) is 7.22. The van der Waals surface area contributed by atoms with E-state index < -0.39 is 12.1 Å². The third-order valence-corrected chi connectivity index (χ3v) is 3.02. The highest BCUT2D eigenvalue weighted by Crippen LogP contribution is 2.27. The number of hydrogen-bond donors (Lipinski definition) is 2. The van der Waals surface area contributed by atoms with E-state index in [0.717, 1.165) is 6.42 Å². The van der Waals surface area contributed by atoms with Gasteiger partial charge in [0.2, 0.25) is 0 Å². The van der Waals surface area contributed by atoms with Crippen molar-refractivity contribution in [2.45, 2.75) is 31.9 Å². The maximum atomic E-state index is 13.5. The molecule has 0 amide bonds. The van der Waals surface area contributed by atoms with Crippen LogP contribution in [0.3, 0.4) is 0 Å². The molecule has 0 spiro atoms. The molecule has 5 heteroatoms. The molecular formula is C11H16BrClFNO. The van der Waals surface area contributed by atoms with Crippen LogP contribution in [0, 0.1) is 5.82 Å². The van der Waals surface area contributed by atoms with Crippen LogP contribution in [-0.2, 0) is 0 Å². The van der Waals surface area contributed by atoms with Crippen molar-refractivity contribution in [2.75, 3.05) is 0 Å². The quantitative estimate of drug-likeness (QED) is 0.897. The largest absolute Gasteiger partial charge is 0.391 e. The van der Waals surface area contributed by atoms with E-state index >= 15 is 0 Å². The summed E-state index contributed by atoms with van der Waals surface area (Å²) < 4.78 is 14.1. The monoisotopic (exact) mass is 311 g/mol. The molecule has 2 nitrogen and oxygen atoms in total. The third-order valence-electron chi connectivity index (χ3n) is 2.33. The summed E-state index contributed by atoms with van der Waals surface area (Å²) in [5, 5.41) is 9.71. The van der Waals surface area contributed by atoms with Crippen molar-refractivity contribution in [3.05, 3.63) is 34.1 Å². The summed E-state index contributed by atoms with van der Waals surface area (Å²) in [7, 11) is 0. The minimum atomic E-state index is -0.705. The van der Waals surface area contributed by atoms with Gasteiger partial charge in [0.1, 0.15) is 5.82 Å². The average molecular weight is 313 g/mol. The standard InChI is InChI=1S/C11H15BrFNO.ClH/c1-2-4-9(15)11(14)10-7(12)5-3-6-8(10)13;/h3,5-6,9,11,15H,2,4,14H2,1H3;1H/t9-,11-;/m1./s1. The number of halogens is 3. The number of aliphatic hydroxyl groups is 1. The summed E-state index contributed by atoms with van der Waals surface area (Å²) in [6, 6.07) is 3.98. The second-order valence-corrected chi connectivity index (χ2v) is 4.37. The van der Waals surface area contributed by atoms with Crippen LogP contribution in [0.1, 0.15) is 31.4 Å². The van der Waals surface area contributed by atoms with E-state index in [2.05, 4.69) is 15.9 Å². The normalized spacial score (nSPS) is 14.1. The topological polar surface area (TPSA) is 46.2 Å². The van der Waals surface area contributed by atoms with Gasteiger partial charge >= 0.3 is 0 Å². The second-order valence-electron chi connectivity index (χ2n) is 3.52. The van der Waals surface area contributed by atoms with Crippen molar-refractivity contribution in [2.24, 2.45) is 5.73 Å². The van der Waals surface area contributed by atoms with Crippen molar-refractivity contribution in [3.8, 4) is 0 Å². The smallest absolute Gasteiger partial charge is 0.129 e. The Kier molecular flexibility index (Phi) is 7.15. The summed E-state index contributed by atoms with van der Waals surface area (Å²) in [6.07, 6.45) is 0.686. The fourth-order valence-corrected chi connectivity index (χ4v) is 2.10. The molecule has 0 saturated carbocycles. The molecule has 0 radical (unpaired) electrons. The fraction of sp³-hybridized carbons (Fsp3) is 0.455. The minimum Gasteiger partial charge on any atom is -0.391 e. The Morgan fingerprint density at radius 2 is 2.12 bits per heavy atom. The number of nitrogens with two attached hydrogens (primary N) is 1. The van der Waals surface area contributed by atoms with Crippen LogP contribution in [0.5, 0.6) is 0 Å². The van der Waals surface area contributed by atoms with Gasteiger partial charge in [-0.1, -0.05) is 35.3 Å². The van der Waals surface area contributed by atoms with E-state index in [-0.39, 0.29) is 18.2 Å².